The van der Waals surface area contributed by atoms with E-state index in [0.29, 0.717) is 24.4 Å². The molecule has 0 aliphatic carbocycles. The molecule has 2 rings (SSSR count). The number of hydrogen-bond donors (Lipinski definition) is 1. The minimum absolute atomic E-state index is 0.160. The number of anilines is 1. The molecule has 0 aliphatic rings. The van der Waals surface area contributed by atoms with Crippen molar-refractivity contribution < 1.29 is 22.7 Å². The van der Waals surface area contributed by atoms with E-state index in [1.54, 1.807) is 49.6 Å². The number of para-hydroxylation sites is 1. The van der Waals surface area contributed by atoms with Gasteiger partial charge in [-0.15, -0.1) is 0 Å². The minimum Gasteiger partial charge on any atom is -0.497 e. The molecule has 2 aromatic rings. The van der Waals surface area contributed by atoms with Gasteiger partial charge in [0.1, 0.15) is 18.3 Å². The zero-order chi connectivity index (χ0) is 24.4. The molecule has 8 nitrogen and oxygen atoms in total. The van der Waals surface area contributed by atoms with Crippen molar-refractivity contribution in [2.24, 2.45) is 0 Å². The van der Waals surface area contributed by atoms with E-state index in [0.717, 1.165) is 22.5 Å². The number of nitrogens with zero attached hydrogens (tertiary/aromatic N) is 2. The topological polar surface area (TPSA) is 96.0 Å². The van der Waals surface area contributed by atoms with Crippen LogP contribution in [0.1, 0.15) is 32.3 Å². The Bertz CT molecular complexity index is 1010. The number of rotatable bonds is 12. The highest BCUT2D eigenvalue weighted by molar-refractivity contribution is 7.92. The molecule has 1 atom stereocenters. The van der Waals surface area contributed by atoms with Gasteiger partial charge in [-0.3, -0.25) is 13.9 Å². The number of nitrogens with one attached hydrogen (secondary N) is 1. The molecule has 0 saturated carbocycles. The quantitative estimate of drug-likeness (QED) is 0.509. The molecule has 0 aromatic heterocycles. The molecule has 0 radical (unpaired) electrons. The van der Waals surface area contributed by atoms with Crippen LogP contribution in [0.15, 0.2) is 54.6 Å². The van der Waals surface area contributed by atoms with Crippen molar-refractivity contribution in [2.75, 3.05) is 30.8 Å². The number of methoxy groups -OCH3 is 1. The predicted octanol–water partition coefficient (Wildman–Crippen LogP) is 2.79. The first kappa shape index (κ1) is 26.2. The second-order valence-corrected chi connectivity index (χ2v) is 9.60. The Morgan fingerprint density at radius 2 is 1.67 bits per heavy atom. The zero-order valence-corrected chi connectivity index (χ0v) is 20.5. The lowest BCUT2D eigenvalue weighted by Gasteiger charge is -2.32. The number of hydrogen-bond acceptors (Lipinski definition) is 5. The molecule has 180 valence electrons. The summed E-state index contributed by atoms with van der Waals surface area (Å²) in [6, 6.07) is 14.9. The van der Waals surface area contributed by atoms with E-state index in [1.165, 1.54) is 4.90 Å². The van der Waals surface area contributed by atoms with Crippen molar-refractivity contribution in [3.05, 3.63) is 60.2 Å². The third-order valence-corrected chi connectivity index (χ3v) is 6.31. The molecule has 0 fully saturated rings. The summed E-state index contributed by atoms with van der Waals surface area (Å²) in [5, 5.41) is 2.85. The Morgan fingerprint density at radius 1 is 1.03 bits per heavy atom. The van der Waals surface area contributed by atoms with Crippen LogP contribution in [0.25, 0.3) is 0 Å². The highest BCUT2D eigenvalue weighted by Gasteiger charge is 2.31. The van der Waals surface area contributed by atoms with Crippen LogP contribution in [0.3, 0.4) is 0 Å². The Morgan fingerprint density at radius 3 is 2.18 bits per heavy atom. The van der Waals surface area contributed by atoms with Crippen LogP contribution < -0.4 is 14.4 Å². The number of sulfonamides is 1. The monoisotopic (exact) mass is 475 g/mol. The average Bonchev–Trinajstić information content (AvgIpc) is 2.81. The number of carbonyl (C=O) groups excluding carboxylic acids is 2. The van der Waals surface area contributed by atoms with E-state index in [-0.39, 0.29) is 12.5 Å². The highest BCUT2D eigenvalue weighted by Crippen LogP contribution is 2.20. The minimum atomic E-state index is -3.73. The summed E-state index contributed by atoms with van der Waals surface area (Å²) in [5.74, 6) is -0.0397. The summed E-state index contributed by atoms with van der Waals surface area (Å²) in [5.41, 5.74) is 1.19. The summed E-state index contributed by atoms with van der Waals surface area (Å²) in [7, 11) is -2.16. The van der Waals surface area contributed by atoms with Gasteiger partial charge in [0.15, 0.2) is 0 Å². The van der Waals surface area contributed by atoms with Crippen LogP contribution in [0.4, 0.5) is 5.69 Å². The fraction of sp³-hybridized carbons (Fsp3) is 0.417. The van der Waals surface area contributed by atoms with E-state index in [2.05, 4.69) is 5.32 Å². The maximum atomic E-state index is 13.5. The van der Waals surface area contributed by atoms with Crippen molar-refractivity contribution >= 4 is 27.5 Å². The second kappa shape index (κ2) is 12.2. The molecule has 0 spiro atoms. The van der Waals surface area contributed by atoms with Gasteiger partial charge in [0, 0.05) is 13.1 Å². The molecule has 1 N–H and O–H groups in total. The summed E-state index contributed by atoms with van der Waals surface area (Å²) in [6.45, 7) is 4.03. The molecule has 0 saturated heterocycles. The SMILES string of the molecule is CCCNC(=O)[C@H](CC)N(Cc1ccc(OC)cc1)C(=O)CN(c1ccccc1)S(C)(=O)=O. The first-order valence-electron chi connectivity index (χ1n) is 10.9. The molecule has 0 bridgehead atoms. The van der Waals surface area contributed by atoms with E-state index >= 15 is 0 Å². The van der Waals surface area contributed by atoms with Gasteiger partial charge in [-0.1, -0.05) is 44.2 Å². The zero-order valence-electron chi connectivity index (χ0n) is 19.7. The van der Waals surface area contributed by atoms with Gasteiger partial charge in [-0.05, 0) is 42.7 Å². The number of benzene rings is 2. The standard InChI is InChI=1S/C24H33N3O5S/c1-5-16-25-24(29)22(6-2)26(17-19-12-14-21(32-3)15-13-19)23(28)18-27(33(4,30)31)20-10-8-7-9-11-20/h7-15,22H,5-6,16-18H2,1-4H3,(H,25,29)/t22-/m0/s1. The van der Waals surface area contributed by atoms with Crippen molar-refractivity contribution in [3.8, 4) is 5.75 Å². The normalized spacial score (nSPS) is 12.0. The van der Waals surface area contributed by atoms with Crippen LogP contribution in [-0.4, -0.2) is 57.6 Å². The van der Waals surface area contributed by atoms with Crippen molar-refractivity contribution in [3.63, 3.8) is 0 Å². The summed E-state index contributed by atoms with van der Waals surface area (Å²) < 4.78 is 31.2. The highest BCUT2D eigenvalue weighted by atomic mass is 32.2. The Labute approximate surface area is 196 Å². The van der Waals surface area contributed by atoms with Crippen LogP contribution in [-0.2, 0) is 26.2 Å². The van der Waals surface area contributed by atoms with Gasteiger partial charge in [0.25, 0.3) is 0 Å². The third-order valence-electron chi connectivity index (χ3n) is 5.17. The van der Waals surface area contributed by atoms with Gasteiger partial charge < -0.3 is 15.0 Å². The molecule has 0 unspecified atom stereocenters. The van der Waals surface area contributed by atoms with E-state index < -0.39 is 28.5 Å². The molecule has 9 heteroatoms. The lowest BCUT2D eigenvalue weighted by Crippen LogP contribution is -2.52. The van der Waals surface area contributed by atoms with E-state index in [1.807, 2.05) is 26.0 Å². The van der Waals surface area contributed by atoms with Gasteiger partial charge in [0.2, 0.25) is 21.8 Å². The van der Waals surface area contributed by atoms with E-state index in [4.69, 9.17) is 4.74 Å². The third kappa shape index (κ3) is 7.49. The molecule has 0 heterocycles. The van der Waals surface area contributed by atoms with Crippen LogP contribution in [0.2, 0.25) is 0 Å². The maximum Gasteiger partial charge on any atom is 0.244 e. The van der Waals surface area contributed by atoms with Crippen molar-refractivity contribution in [2.45, 2.75) is 39.3 Å². The summed E-state index contributed by atoms with van der Waals surface area (Å²) >= 11 is 0. The molecular weight excluding hydrogens is 442 g/mol. The van der Waals surface area contributed by atoms with Crippen LogP contribution >= 0.6 is 0 Å². The lowest BCUT2D eigenvalue weighted by atomic mass is 10.1. The van der Waals surface area contributed by atoms with Crippen molar-refractivity contribution in [1.82, 2.24) is 10.2 Å². The predicted molar refractivity (Wildman–Crippen MR) is 130 cm³/mol. The van der Waals surface area contributed by atoms with Gasteiger partial charge in [-0.2, -0.15) is 0 Å². The average molecular weight is 476 g/mol. The molecule has 33 heavy (non-hydrogen) atoms. The number of amides is 2. The van der Waals surface area contributed by atoms with Crippen molar-refractivity contribution in [1.29, 1.82) is 0 Å². The Balaban J connectivity index is 2.38. The summed E-state index contributed by atoms with van der Waals surface area (Å²) in [6.07, 6.45) is 2.22. The molecular formula is C24H33N3O5S. The molecule has 2 amide bonds. The second-order valence-electron chi connectivity index (χ2n) is 7.69. The first-order valence-corrected chi connectivity index (χ1v) is 12.8. The molecule has 2 aromatic carbocycles. The largest absolute Gasteiger partial charge is 0.497 e. The number of carbonyl (C=O) groups is 2. The van der Waals surface area contributed by atoms with Crippen LogP contribution in [0.5, 0.6) is 5.75 Å². The molecule has 0 aliphatic heterocycles. The van der Waals surface area contributed by atoms with E-state index in [9.17, 15) is 18.0 Å². The lowest BCUT2D eigenvalue weighted by molar-refractivity contribution is -0.140. The summed E-state index contributed by atoms with van der Waals surface area (Å²) in [4.78, 5) is 27.8. The Kier molecular flexibility index (Phi) is 9.72. The fourth-order valence-electron chi connectivity index (χ4n) is 3.42. The fourth-order valence-corrected chi connectivity index (χ4v) is 4.27. The first-order chi connectivity index (χ1) is 15.7. The number of ether oxygens (including phenoxy) is 1. The maximum absolute atomic E-state index is 13.5. The Hall–Kier alpha value is -3.07. The van der Waals surface area contributed by atoms with Gasteiger partial charge >= 0.3 is 0 Å². The van der Waals surface area contributed by atoms with Gasteiger partial charge in [0.05, 0.1) is 19.1 Å². The van der Waals surface area contributed by atoms with Gasteiger partial charge in [-0.25, -0.2) is 8.42 Å². The smallest absolute Gasteiger partial charge is 0.244 e. The van der Waals surface area contributed by atoms with Crippen LogP contribution in [0, 0.1) is 0 Å².